The number of thioether (sulfide) groups is 1. The molecule has 0 aliphatic heterocycles. The number of nitrogens with one attached hydrogen (secondary N) is 1. The molecule has 29 heavy (non-hydrogen) atoms. The number of fused-ring (bicyclic) bond motifs is 1. The van der Waals surface area contributed by atoms with Crippen molar-refractivity contribution in [2.75, 3.05) is 0 Å². The Hall–Kier alpha value is -1.87. The first-order valence-corrected chi connectivity index (χ1v) is 10.9. The average molecular weight is 443 g/mol. The number of alkyl halides is 1. The van der Waals surface area contributed by atoms with Gasteiger partial charge in [-0.05, 0) is 53.7 Å². The lowest BCUT2D eigenvalue weighted by atomic mass is 10.1. The molecule has 0 saturated carbocycles. The molecule has 0 aliphatic rings. The molecule has 1 N–H and O–H groups in total. The van der Waals surface area contributed by atoms with Gasteiger partial charge >= 0.3 is 12.1 Å². The minimum atomic E-state index is -1.47. The molecule has 1 aromatic heterocycles. The van der Waals surface area contributed by atoms with Crippen LogP contribution in [0.5, 0.6) is 0 Å². The maximum atomic E-state index is 14.8. The van der Waals surface area contributed by atoms with E-state index in [2.05, 4.69) is 10.3 Å². The quantitative estimate of drug-likeness (QED) is 0.483. The second-order valence-electron chi connectivity index (χ2n) is 8.44. The van der Waals surface area contributed by atoms with Gasteiger partial charge in [0.05, 0.1) is 10.2 Å². The van der Waals surface area contributed by atoms with E-state index >= 15 is 0 Å². The number of thiazole rings is 1. The second kappa shape index (κ2) is 9.30. The summed E-state index contributed by atoms with van der Waals surface area (Å²) in [4.78, 5) is 29.0. The maximum Gasteiger partial charge on any atom is 0.408 e. The van der Waals surface area contributed by atoms with Crippen molar-refractivity contribution >= 4 is 45.4 Å². The van der Waals surface area contributed by atoms with Crippen LogP contribution in [0.3, 0.4) is 0 Å². The van der Waals surface area contributed by atoms with E-state index in [0.717, 1.165) is 22.0 Å². The fourth-order valence-corrected chi connectivity index (χ4v) is 4.41. The molecule has 6 nitrogen and oxygen atoms in total. The molecule has 0 spiro atoms. The van der Waals surface area contributed by atoms with Gasteiger partial charge in [0.2, 0.25) is 0 Å². The number of esters is 1. The van der Waals surface area contributed by atoms with Crippen molar-refractivity contribution in [3.63, 3.8) is 0 Å². The van der Waals surface area contributed by atoms with Crippen molar-refractivity contribution in [3.05, 3.63) is 24.3 Å². The zero-order valence-corrected chi connectivity index (χ0v) is 19.1. The van der Waals surface area contributed by atoms with E-state index in [1.54, 1.807) is 41.5 Å². The smallest absolute Gasteiger partial charge is 0.408 e. The molecule has 1 amide bonds. The lowest BCUT2D eigenvalue weighted by molar-refractivity contribution is -0.157. The summed E-state index contributed by atoms with van der Waals surface area (Å²) in [5.74, 6) is -0.712. The molecule has 2 aromatic rings. The first-order valence-electron chi connectivity index (χ1n) is 9.21. The van der Waals surface area contributed by atoms with Crippen LogP contribution in [0.15, 0.2) is 28.6 Å². The number of amides is 1. The van der Waals surface area contributed by atoms with Crippen LogP contribution in [0.1, 0.15) is 48.0 Å². The number of nitrogens with zero attached hydrogens (tertiary/aromatic N) is 1. The molecule has 1 heterocycles. The van der Waals surface area contributed by atoms with Crippen LogP contribution in [0.4, 0.5) is 9.18 Å². The van der Waals surface area contributed by atoms with Crippen molar-refractivity contribution < 1.29 is 23.5 Å². The highest BCUT2D eigenvalue weighted by atomic mass is 32.2. The van der Waals surface area contributed by atoms with Gasteiger partial charge < -0.3 is 14.8 Å². The molecule has 0 bridgehead atoms. The summed E-state index contributed by atoms with van der Waals surface area (Å²) in [6.07, 6.45) is -1.07. The standard InChI is InChI=1S/C20H27FN2O4S2/c1-19(2,3)26-16(24)13(22-17(25)27-20(4,5)6)11-15(21)29-18-23-12-9-7-8-10-14(12)28-18/h7-10,13,15H,11H2,1-6H3,(H,22,25). The molecule has 0 saturated heterocycles. The topological polar surface area (TPSA) is 77.5 Å². The zero-order valence-electron chi connectivity index (χ0n) is 17.4. The van der Waals surface area contributed by atoms with Crippen LogP contribution < -0.4 is 5.32 Å². The third-order valence-corrected chi connectivity index (χ3v) is 5.42. The number of rotatable bonds is 6. The fraction of sp³-hybridized carbons (Fsp3) is 0.550. The minimum absolute atomic E-state index is 0.269. The van der Waals surface area contributed by atoms with Crippen LogP contribution in [0, 0.1) is 0 Å². The molecule has 2 unspecified atom stereocenters. The highest BCUT2D eigenvalue weighted by Crippen LogP contribution is 2.34. The van der Waals surface area contributed by atoms with Crippen LogP contribution in [-0.2, 0) is 14.3 Å². The molecule has 0 fully saturated rings. The number of aromatic nitrogens is 1. The first kappa shape index (κ1) is 23.4. The average Bonchev–Trinajstić information content (AvgIpc) is 2.92. The van der Waals surface area contributed by atoms with E-state index in [9.17, 15) is 14.0 Å². The lowest BCUT2D eigenvalue weighted by Crippen LogP contribution is -2.46. The van der Waals surface area contributed by atoms with E-state index in [1.165, 1.54) is 11.3 Å². The molecule has 1 aromatic carbocycles. The normalized spacial score (nSPS) is 14.3. The van der Waals surface area contributed by atoms with Gasteiger partial charge in [0.1, 0.15) is 17.2 Å². The SMILES string of the molecule is CC(C)(C)OC(=O)NC(CC(F)Sc1nc2ccccc2s1)C(=O)OC(C)(C)C. The molecule has 9 heteroatoms. The Morgan fingerprint density at radius 3 is 2.34 bits per heavy atom. The summed E-state index contributed by atoms with van der Waals surface area (Å²) in [5.41, 5.74) is -2.18. The number of hydrogen-bond acceptors (Lipinski definition) is 7. The van der Waals surface area contributed by atoms with Crippen molar-refractivity contribution in [2.45, 2.75) is 75.1 Å². The molecular weight excluding hydrogens is 415 g/mol. The second-order valence-corrected chi connectivity index (χ2v) is 10.9. The van der Waals surface area contributed by atoms with E-state index in [4.69, 9.17) is 9.47 Å². The Morgan fingerprint density at radius 1 is 1.14 bits per heavy atom. The molecule has 2 atom stereocenters. The zero-order chi connectivity index (χ0) is 21.8. The molecule has 0 aliphatic carbocycles. The first-order chi connectivity index (χ1) is 13.3. The van der Waals surface area contributed by atoms with Crippen molar-refractivity contribution in [1.82, 2.24) is 10.3 Å². The van der Waals surface area contributed by atoms with Gasteiger partial charge in [-0.1, -0.05) is 23.9 Å². The Kier molecular flexibility index (Phi) is 7.50. The van der Waals surface area contributed by atoms with Crippen LogP contribution in [0.25, 0.3) is 10.2 Å². The lowest BCUT2D eigenvalue weighted by Gasteiger charge is -2.26. The Labute approximate surface area is 178 Å². The highest BCUT2D eigenvalue weighted by molar-refractivity contribution is 8.01. The van der Waals surface area contributed by atoms with Gasteiger partial charge in [0, 0.05) is 6.42 Å². The summed E-state index contributed by atoms with van der Waals surface area (Å²) in [6, 6.07) is 6.35. The monoisotopic (exact) mass is 442 g/mol. The minimum Gasteiger partial charge on any atom is -0.458 e. The maximum absolute atomic E-state index is 14.8. The molecular formula is C20H27FN2O4S2. The van der Waals surface area contributed by atoms with Gasteiger partial charge in [0.25, 0.3) is 0 Å². The van der Waals surface area contributed by atoms with E-state index in [0.29, 0.717) is 4.34 Å². The number of carbonyl (C=O) groups is 2. The molecule has 2 rings (SSSR count). The van der Waals surface area contributed by atoms with Crippen LogP contribution in [-0.4, -0.2) is 39.8 Å². The largest absolute Gasteiger partial charge is 0.458 e. The number of para-hydroxylation sites is 1. The van der Waals surface area contributed by atoms with Crippen molar-refractivity contribution in [2.24, 2.45) is 0 Å². The third-order valence-electron chi connectivity index (χ3n) is 3.31. The number of benzene rings is 1. The number of carbonyl (C=O) groups excluding carboxylic acids is 2. The van der Waals surface area contributed by atoms with Gasteiger partial charge in [-0.25, -0.2) is 19.0 Å². The summed E-state index contributed by atoms with van der Waals surface area (Å²) >= 11 is 2.29. The third kappa shape index (κ3) is 8.18. The summed E-state index contributed by atoms with van der Waals surface area (Å²) in [7, 11) is 0. The fourth-order valence-electron chi connectivity index (χ4n) is 2.28. The molecule has 160 valence electrons. The Balaban J connectivity index is 2.07. The number of hydrogen-bond donors (Lipinski definition) is 1. The predicted octanol–water partition coefficient (Wildman–Crippen LogP) is 5.31. The summed E-state index contributed by atoms with van der Waals surface area (Å²) < 4.78 is 26.8. The Bertz CT molecular complexity index is 825. The van der Waals surface area contributed by atoms with Crippen LogP contribution in [0.2, 0.25) is 0 Å². The van der Waals surface area contributed by atoms with E-state index < -0.39 is 34.8 Å². The number of alkyl carbamates (subject to hydrolysis) is 1. The van der Waals surface area contributed by atoms with Gasteiger partial charge in [0.15, 0.2) is 9.84 Å². The summed E-state index contributed by atoms with van der Waals surface area (Å²) in [5, 5.41) is 2.43. The number of ether oxygens (including phenoxy) is 2. The highest BCUT2D eigenvalue weighted by Gasteiger charge is 2.31. The van der Waals surface area contributed by atoms with Gasteiger partial charge in [-0.3, -0.25) is 0 Å². The van der Waals surface area contributed by atoms with Gasteiger partial charge in [-0.2, -0.15) is 0 Å². The Morgan fingerprint density at radius 2 is 1.76 bits per heavy atom. The van der Waals surface area contributed by atoms with Crippen molar-refractivity contribution in [1.29, 1.82) is 0 Å². The van der Waals surface area contributed by atoms with E-state index in [1.807, 2.05) is 24.3 Å². The van der Waals surface area contributed by atoms with Crippen LogP contribution >= 0.6 is 23.1 Å². The van der Waals surface area contributed by atoms with Gasteiger partial charge in [-0.15, -0.1) is 11.3 Å². The van der Waals surface area contributed by atoms with Crippen molar-refractivity contribution in [3.8, 4) is 0 Å². The summed E-state index contributed by atoms with van der Waals surface area (Å²) in [6.45, 7) is 10.2. The predicted molar refractivity (Wildman–Crippen MR) is 114 cm³/mol. The number of halogens is 1. The van der Waals surface area contributed by atoms with E-state index in [-0.39, 0.29) is 6.42 Å². The molecule has 0 radical (unpaired) electrons.